The van der Waals surface area contributed by atoms with Crippen LogP contribution < -0.4 is 4.74 Å². The number of benzene rings is 1. The van der Waals surface area contributed by atoms with Gasteiger partial charge in [-0.1, -0.05) is 26.6 Å². The number of aromatic nitrogens is 2. The molecule has 1 aromatic carbocycles. The van der Waals surface area contributed by atoms with Gasteiger partial charge in [-0.25, -0.2) is 9.07 Å². The lowest BCUT2D eigenvalue weighted by atomic mass is 10.1. The lowest BCUT2D eigenvalue weighted by Crippen LogP contribution is -2.22. The molecule has 2 aromatic rings. The Hall–Kier alpha value is -1.44. The zero-order chi connectivity index (χ0) is 19.3. The van der Waals surface area contributed by atoms with Gasteiger partial charge in [0, 0.05) is 27.6 Å². The third-order valence-corrected chi connectivity index (χ3v) is 6.28. The van der Waals surface area contributed by atoms with Gasteiger partial charge in [0.2, 0.25) is 0 Å². The largest absolute Gasteiger partial charge is 0.493 e. The van der Waals surface area contributed by atoms with Gasteiger partial charge in [0.25, 0.3) is 0 Å². The van der Waals surface area contributed by atoms with Crippen molar-refractivity contribution in [2.75, 3.05) is 33.9 Å². The Labute approximate surface area is 157 Å². The van der Waals surface area contributed by atoms with Crippen LogP contribution >= 0.6 is 0 Å². The molecule has 0 unspecified atom stereocenters. The van der Waals surface area contributed by atoms with Crippen LogP contribution in [-0.2, 0) is 17.9 Å². The van der Waals surface area contributed by atoms with E-state index in [1.807, 2.05) is 4.68 Å². The third kappa shape index (κ3) is 5.28. The second-order valence-corrected chi connectivity index (χ2v) is 13.5. The summed E-state index contributed by atoms with van der Waals surface area (Å²) in [5.74, 6) is -0.0886. The van der Waals surface area contributed by atoms with Crippen molar-refractivity contribution in [3.63, 3.8) is 0 Å². The second kappa shape index (κ2) is 8.97. The molecule has 0 aliphatic heterocycles. The lowest BCUT2D eigenvalue weighted by molar-refractivity contribution is 0.0813. The monoisotopic (exact) mass is 381 g/mol. The SMILES string of the molecule is CCN(C)CCc1nn(COCC[Si](C)(C)C)c2ccc(F)c(OC)c12. The van der Waals surface area contributed by atoms with E-state index in [1.54, 1.807) is 6.07 Å². The fourth-order valence-corrected chi connectivity index (χ4v) is 3.50. The Bertz CT molecular complexity index is 728. The Balaban J connectivity index is 2.26. The van der Waals surface area contributed by atoms with Gasteiger partial charge in [0.1, 0.15) is 6.73 Å². The Morgan fingerprint density at radius 2 is 2.00 bits per heavy atom. The summed E-state index contributed by atoms with van der Waals surface area (Å²) < 4.78 is 27.2. The maximum atomic E-state index is 14.2. The number of hydrogen-bond donors (Lipinski definition) is 0. The number of ether oxygens (including phenoxy) is 2. The zero-order valence-corrected chi connectivity index (χ0v) is 17.9. The summed E-state index contributed by atoms with van der Waals surface area (Å²) in [5, 5.41) is 5.46. The lowest BCUT2D eigenvalue weighted by Gasteiger charge is -2.15. The molecule has 0 aliphatic rings. The van der Waals surface area contributed by atoms with E-state index in [-0.39, 0.29) is 11.6 Å². The topological polar surface area (TPSA) is 39.5 Å². The zero-order valence-electron chi connectivity index (χ0n) is 16.9. The van der Waals surface area contributed by atoms with Gasteiger partial charge in [-0.05, 0) is 31.8 Å². The summed E-state index contributed by atoms with van der Waals surface area (Å²) in [6, 6.07) is 4.30. The van der Waals surface area contributed by atoms with Crippen LogP contribution in [0.2, 0.25) is 25.7 Å². The third-order valence-electron chi connectivity index (χ3n) is 4.58. The van der Waals surface area contributed by atoms with Gasteiger partial charge in [0.15, 0.2) is 11.6 Å². The van der Waals surface area contributed by atoms with Crippen molar-refractivity contribution in [1.29, 1.82) is 0 Å². The standard InChI is InChI=1S/C19H32FN3O2Si/c1-7-22(2)11-10-16-18-17(9-8-15(20)19(18)24-3)23(21-16)14-25-12-13-26(4,5)6/h8-9H,7,10-14H2,1-6H3. The van der Waals surface area contributed by atoms with Gasteiger partial charge in [-0.2, -0.15) is 5.10 Å². The molecular formula is C19H32FN3O2Si. The van der Waals surface area contributed by atoms with E-state index < -0.39 is 8.07 Å². The molecule has 146 valence electrons. The highest BCUT2D eigenvalue weighted by Gasteiger charge is 2.19. The maximum absolute atomic E-state index is 14.2. The number of rotatable bonds is 10. The molecule has 0 aliphatic carbocycles. The summed E-state index contributed by atoms with van der Waals surface area (Å²) >= 11 is 0. The van der Waals surface area contributed by atoms with Crippen LogP contribution in [0, 0.1) is 5.82 Å². The number of fused-ring (bicyclic) bond motifs is 1. The summed E-state index contributed by atoms with van der Waals surface area (Å²) in [6.07, 6.45) is 0.739. The van der Waals surface area contributed by atoms with Crippen LogP contribution in [0.1, 0.15) is 12.6 Å². The minimum atomic E-state index is -1.13. The molecule has 5 nitrogen and oxygen atoms in total. The van der Waals surface area contributed by atoms with Gasteiger partial charge in [-0.15, -0.1) is 0 Å². The van der Waals surface area contributed by atoms with E-state index in [2.05, 4.69) is 38.5 Å². The van der Waals surface area contributed by atoms with Crippen LogP contribution in [0.5, 0.6) is 5.75 Å². The van der Waals surface area contributed by atoms with Crippen LogP contribution in [0.25, 0.3) is 10.9 Å². The van der Waals surface area contributed by atoms with E-state index in [9.17, 15) is 4.39 Å². The predicted molar refractivity (Wildman–Crippen MR) is 107 cm³/mol. The Kier molecular flexibility index (Phi) is 7.20. The van der Waals surface area contributed by atoms with Crippen molar-refractivity contribution in [2.24, 2.45) is 0 Å². The van der Waals surface area contributed by atoms with E-state index in [4.69, 9.17) is 14.6 Å². The molecule has 0 atom stereocenters. The van der Waals surface area contributed by atoms with Crippen molar-refractivity contribution in [2.45, 2.75) is 45.8 Å². The molecule has 0 bridgehead atoms. The molecule has 2 rings (SSSR count). The first kappa shape index (κ1) is 20.9. The van der Waals surface area contributed by atoms with Crippen molar-refractivity contribution in [3.8, 4) is 5.75 Å². The molecule has 1 aromatic heterocycles. The average Bonchev–Trinajstić information content (AvgIpc) is 2.93. The molecule has 26 heavy (non-hydrogen) atoms. The van der Waals surface area contributed by atoms with Crippen molar-refractivity contribution in [3.05, 3.63) is 23.6 Å². The molecule has 7 heteroatoms. The normalized spacial score (nSPS) is 12.3. The summed E-state index contributed by atoms with van der Waals surface area (Å²) in [7, 11) is 2.44. The second-order valence-electron chi connectivity index (χ2n) is 7.91. The van der Waals surface area contributed by atoms with Gasteiger partial charge >= 0.3 is 0 Å². The molecule has 0 spiro atoms. The minimum absolute atomic E-state index is 0.269. The highest BCUT2D eigenvalue weighted by Crippen LogP contribution is 2.32. The molecule has 0 radical (unpaired) electrons. The Morgan fingerprint density at radius 3 is 2.62 bits per heavy atom. The number of hydrogen-bond acceptors (Lipinski definition) is 4. The van der Waals surface area contributed by atoms with Crippen molar-refractivity contribution < 1.29 is 13.9 Å². The van der Waals surface area contributed by atoms with Crippen molar-refractivity contribution in [1.82, 2.24) is 14.7 Å². The fourth-order valence-electron chi connectivity index (χ4n) is 2.75. The Morgan fingerprint density at radius 1 is 1.27 bits per heavy atom. The van der Waals surface area contributed by atoms with Crippen LogP contribution in [0.3, 0.4) is 0 Å². The first-order valence-corrected chi connectivity index (χ1v) is 13.0. The maximum Gasteiger partial charge on any atom is 0.165 e. The van der Waals surface area contributed by atoms with E-state index >= 15 is 0 Å². The smallest absolute Gasteiger partial charge is 0.165 e. The number of methoxy groups -OCH3 is 1. The van der Waals surface area contributed by atoms with E-state index in [0.29, 0.717) is 6.73 Å². The summed E-state index contributed by atoms with van der Waals surface area (Å²) in [5.41, 5.74) is 1.70. The fraction of sp³-hybridized carbons (Fsp3) is 0.632. The molecule has 0 saturated heterocycles. The predicted octanol–water partition coefficient (Wildman–Crippen LogP) is 3.99. The van der Waals surface area contributed by atoms with Gasteiger partial charge in [0.05, 0.1) is 23.7 Å². The molecule has 0 fully saturated rings. The molecule has 0 saturated carbocycles. The molecular weight excluding hydrogens is 349 g/mol. The molecule has 0 N–H and O–H groups in total. The van der Waals surface area contributed by atoms with Gasteiger partial charge in [-0.3, -0.25) is 0 Å². The number of likely N-dealkylation sites (N-methyl/N-ethyl adjacent to an activating group) is 1. The van der Waals surface area contributed by atoms with Crippen molar-refractivity contribution >= 4 is 19.0 Å². The average molecular weight is 382 g/mol. The highest BCUT2D eigenvalue weighted by atomic mass is 28.3. The van der Waals surface area contributed by atoms with Crippen LogP contribution in [0.15, 0.2) is 12.1 Å². The van der Waals surface area contributed by atoms with Crippen LogP contribution in [0.4, 0.5) is 4.39 Å². The van der Waals surface area contributed by atoms with E-state index in [1.165, 1.54) is 13.2 Å². The molecule has 0 amide bonds. The quantitative estimate of drug-likeness (QED) is 0.461. The number of halogens is 1. The van der Waals surface area contributed by atoms with Gasteiger partial charge < -0.3 is 14.4 Å². The molecule has 1 heterocycles. The summed E-state index contributed by atoms with van der Waals surface area (Å²) in [6.45, 7) is 12.0. The first-order valence-electron chi connectivity index (χ1n) is 9.25. The first-order chi connectivity index (χ1) is 12.3. The van der Waals surface area contributed by atoms with Crippen LogP contribution in [-0.4, -0.2) is 56.6 Å². The minimum Gasteiger partial charge on any atom is -0.493 e. The summed E-state index contributed by atoms with van der Waals surface area (Å²) in [4.78, 5) is 2.21. The number of nitrogens with zero attached hydrogens (tertiary/aromatic N) is 3. The van der Waals surface area contributed by atoms with E-state index in [0.717, 1.165) is 48.8 Å². The highest BCUT2D eigenvalue weighted by molar-refractivity contribution is 6.76.